The number of aromatic nitrogens is 2. The first kappa shape index (κ1) is 25.8. The van der Waals surface area contributed by atoms with Crippen molar-refractivity contribution in [3.05, 3.63) is 71.6 Å². The summed E-state index contributed by atoms with van der Waals surface area (Å²) >= 11 is 0. The Kier molecular flexibility index (Phi) is 7.48. The second-order valence-electron chi connectivity index (χ2n) is 8.40. The third-order valence-corrected chi connectivity index (χ3v) is 5.95. The molecule has 2 aromatic carbocycles. The lowest BCUT2D eigenvalue weighted by Gasteiger charge is -2.32. The average molecular weight is 515 g/mol. The number of likely N-dealkylation sites (tertiary alicyclic amines) is 1. The first-order valence-electron chi connectivity index (χ1n) is 11.4. The van der Waals surface area contributed by atoms with E-state index in [1.165, 1.54) is 21.7 Å². The van der Waals surface area contributed by atoms with E-state index in [1.807, 2.05) is 0 Å². The molecule has 2 amide bonds. The predicted octanol–water partition coefficient (Wildman–Crippen LogP) is 3.31. The summed E-state index contributed by atoms with van der Waals surface area (Å²) in [6.07, 6.45) is 1.89. The van der Waals surface area contributed by atoms with E-state index in [0.717, 1.165) is 18.2 Å². The Balaban J connectivity index is 1.60. The Morgan fingerprint density at radius 1 is 1.19 bits per heavy atom. The number of aliphatic hydroxyl groups is 1. The highest BCUT2D eigenvalue weighted by Gasteiger charge is 2.31. The summed E-state index contributed by atoms with van der Waals surface area (Å²) < 4.78 is 47.8. The number of halogens is 3. The molecule has 37 heavy (non-hydrogen) atoms. The van der Waals surface area contributed by atoms with Gasteiger partial charge in [0.1, 0.15) is 28.6 Å². The van der Waals surface area contributed by atoms with Crippen molar-refractivity contribution in [1.29, 1.82) is 0 Å². The number of carbonyl (C=O) groups excluding carboxylic acids is 2. The molecule has 0 saturated carbocycles. The van der Waals surface area contributed by atoms with Gasteiger partial charge in [0, 0.05) is 24.7 Å². The molecule has 1 atom stereocenters. The van der Waals surface area contributed by atoms with Crippen LogP contribution in [-0.4, -0.2) is 51.3 Å². The lowest BCUT2D eigenvalue weighted by Crippen LogP contribution is -2.41. The maximum Gasteiger partial charge on any atom is 0.282 e. The fourth-order valence-corrected chi connectivity index (χ4v) is 4.19. The number of nitrogens with two attached hydrogens (primary N) is 2. The van der Waals surface area contributed by atoms with Gasteiger partial charge in [-0.05, 0) is 55.3 Å². The lowest BCUT2D eigenvalue weighted by atomic mass is 10.0. The zero-order valence-electron chi connectivity index (χ0n) is 19.5. The molecular formula is C25H24F3N5O4. The molecule has 3 aromatic rings. The van der Waals surface area contributed by atoms with Crippen LogP contribution in [0.2, 0.25) is 0 Å². The van der Waals surface area contributed by atoms with E-state index in [4.69, 9.17) is 21.3 Å². The topological polar surface area (TPSA) is 137 Å². The van der Waals surface area contributed by atoms with Gasteiger partial charge in [0.25, 0.3) is 11.8 Å². The fraction of sp³-hybridized carbons (Fsp3) is 0.240. The van der Waals surface area contributed by atoms with Gasteiger partial charge < -0.3 is 26.2 Å². The second kappa shape index (κ2) is 10.7. The number of rotatable bonds is 7. The first-order chi connectivity index (χ1) is 17.7. The molecule has 1 aromatic heterocycles. The molecule has 0 bridgehead atoms. The Bertz CT molecular complexity index is 1360. The second-order valence-corrected chi connectivity index (χ2v) is 8.40. The number of ether oxygens (including phenoxy) is 1. The van der Waals surface area contributed by atoms with Crippen LogP contribution in [0.5, 0.6) is 11.5 Å². The van der Waals surface area contributed by atoms with E-state index >= 15 is 0 Å². The van der Waals surface area contributed by atoms with Crippen molar-refractivity contribution in [2.75, 3.05) is 25.4 Å². The van der Waals surface area contributed by atoms with Gasteiger partial charge in [-0.15, -0.1) is 0 Å². The number of hydrogen-bond donors (Lipinski definition) is 3. The van der Waals surface area contributed by atoms with Crippen LogP contribution in [0.25, 0.3) is 11.3 Å². The summed E-state index contributed by atoms with van der Waals surface area (Å²) in [6.45, 7) is -0.200. The van der Waals surface area contributed by atoms with Crippen molar-refractivity contribution in [3.63, 3.8) is 0 Å². The van der Waals surface area contributed by atoms with Crippen molar-refractivity contribution in [2.45, 2.75) is 18.9 Å². The van der Waals surface area contributed by atoms with E-state index in [1.54, 1.807) is 12.1 Å². The van der Waals surface area contributed by atoms with Crippen LogP contribution in [0.4, 0.5) is 19.0 Å². The van der Waals surface area contributed by atoms with Gasteiger partial charge in [-0.2, -0.15) is 5.10 Å². The minimum Gasteiger partial charge on any atom is -0.454 e. The van der Waals surface area contributed by atoms with Crippen molar-refractivity contribution in [2.24, 2.45) is 5.73 Å². The molecular weight excluding hydrogens is 491 g/mol. The average Bonchev–Trinajstić information content (AvgIpc) is 3.23. The molecule has 194 valence electrons. The Morgan fingerprint density at radius 3 is 2.57 bits per heavy atom. The number of amides is 2. The number of nitrogen functional groups attached to an aromatic ring is 1. The molecule has 4 rings (SSSR count). The minimum absolute atomic E-state index is 0.00174. The van der Waals surface area contributed by atoms with Crippen LogP contribution < -0.4 is 16.2 Å². The number of piperidine rings is 1. The van der Waals surface area contributed by atoms with E-state index in [-0.39, 0.29) is 35.1 Å². The van der Waals surface area contributed by atoms with Gasteiger partial charge in [-0.1, -0.05) is 0 Å². The molecule has 0 radical (unpaired) electrons. The largest absolute Gasteiger partial charge is 0.454 e. The third-order valence-electron chi connectivity index (χ3n) is 5.95. The Morgan fingerprint density at radius 2 is 1.92 bits per heavy atom. The first-order valence-corrected chi connectivity index (χ1v) is 11.4. The minimum atomic E-state index is -1.06. The maximum atomic E-state index is 13.9. The van der Waals surface area contributed by atoms with Crippen LogP contribution in [0, 0.1) is 11.6 Å². The van der Waals surface area contributed by atoms with E-state index in [2.05, 4.69) is 5.10 Å². The fourth-order valence-electron chi connectivity index (χ4n) is 4.19. The molecule has 0 aliphatic carbocycles. The monoisotopic (exact) mass is 515 g/mol. The maximum absolute atomic E-state index is 13.9. The molecule has 1 fully saturated rings. The van der Waals surface area contributed by atoms with Crippen LogP contribution in [0.15, 0.2) is 54.4 Å². The van der Waals surface area contributed by atoms with Crippen molar-refractivity contribution < 1.29 is 32.6 Å². The summed E-state index contributed by atoms with van der Waals surface area (Å²) in [5.74, 6) is -4.23. The smallest absolute Gasteiger partial charge is 0.282 e. The van der Waals surface area contributed by atoms with Gasteiger partial charge in [0.15, 0.2) is 17.4 Å². The third kappa shape index (κ3) is 5.43. The molecule has 5 N–H and O–H groups in total. The van der Waals surface area contributed by atoms with Crippen molar-refractivity contribution in [3.8, 4) is 22.8 Å². The standard InChI is InChI=1S/C25H24F3N5O4/c26-15-5-8-20(19(28)12-15)37-17-6-3-14(4-7-17)22-21(24(30)35)23(29)33(31-22)16-2-1-10-32(13-16)25(36)18(27)9-11-34/h3-9,12,16,34H,1-2,10-11,13,29H2,(H2,30,35)/b18-9-/t16-/m1/s1. The quantitative estimate of drug-likeness (QED) is 0.413. The van der Waals surface area contributed by atoms with Gasteiger partial charge >= 0.3 is 0 Å². The number of benzene rings is 2. The van der Waals surface area contributed by atoms with E-state index < -0.39 is 41.9 Å². The summed E-state index contributed by atoms with van der Waals surface area (Å²) in [7, 11) is 0. The summed E-state index contributed by atoms with van der Waals surface area (Å²) in [5, 5.41) is 13.4. The molecule has 1 aliphatic heterocycles. The Labute approximate surface area is 209 Å². The number of hydrogen-bond acceptors (Lipinski definition) is 6. The zero-order valence-corrected chi connectivity index (χ0v) is 19.5. The van der Waals surface area contributed by atoms with Gasteiger partial charge in [-0.3, -0.25) is 9.59 Å². The number of anilines is 1. The molecule has 0 unspecified atom stereocenters. The van der Waals surface area contributed by atoms with Gasteiger partial charge in [0.05, 0.1) is 12.6 Å². The van der Waals surface area contributed by atoms with Gasteiger partial charge in [0.2, 0.25) is 0 Å². The predicted molar refractivity (Wildman–Crippen MR) is 128 cm³/mol. The molecule has 0 spiro atoms. The summed E-state index contributed by atoms with van der Waals surface area (Å²) in [6, 6.07) is 8.65. The molecule has 9 nitrogen and oxygen atoms in total. The number of primary amides is 1. The normalized spacial score (nSPS) is 16.1. The summed E-state index contributed by atoms with van der Waals surface area (Å²) in [5.41, 5.74) is 12.5. The zero-order chi connectivity index (χ0) is 26.7. The van der Waals surface area contributed by atoms with Crippen LogP contribution in [0.1, 0.15) is 29.2 Å². The lowest BCUT2D eigenvalue weighted by molar-refractivity contribution is -0.130. The van der Waals surface area contributed by atoms with Gasteiger partial charge in [-0.25, -0.2) is 17.9 Å². The molecule has 1 aliphatic rings. The highest BCUT2D eigenvalue weighted by Crippen LogP contribution is 2.34. The van der Waals surface area contributed by atoms with Crippen molar-refractivity contribution in [1.82, 2.24) is 14.7 Å². The van der Waals surface area contributed by atoms with E-state index in [0.29, 0.717) is 31.0 Å². The SMILES string of the molecule is NC(=O)c1c(-c2ccc(Oc3ccc(F)cc3F)cc2)nn([C@@H]2CCCN(C(=O)/C(F)=C/CO)C2)c1N. The number of carbonyl (C=O) groups is 2. The molecule has 2 heterocycles. The Hall–Kier alpha value is -4.32. The summed E-state index contributed by atoms with van der Waals surface area (Å²) in [4.78, 5) is 25.9. The molecule has 1 saturated heterocycles. The molecule has 12 heteroatoms. The van der Waals surface area contributed by atoms with E-state index in [9.17, 15) is 22.8 Å². The number of aliphatic hydroxyl groups excluding tert-OH is 1. The van der Waals surface area contributed by atoms with Crippen molar-refractivity contribution >= 4 is 17.6 Å². The van der Waals surface area contributed by atoms with Crippen LogP contribution in [-0.2, 0) is 4.79 Å². The van der Waals surface area contributed by atoms with Crippen LogP contribution in [0.3, 0.4) is 0 Å². The number of nitrogens with zero attached hydrogens (tertiary/aromatic N) is 3. The van der Waals surface area contributed by atoms with Crippen LogP contribution >= 0.6 is 0 Å². The highest BCUT2D eigenvalue weighted by atomic mass is 19.1. The highest BCUT2D eigenvalue weighted by molar-refractivity contribution is 6.03.